The molecule has 2 aromatic carbocycles. The molecule has 234 valence electrons. The third-order valence-electron chi connectivity index (χ3n) is 8.17. The molecule has 0 bridgehead atoms. The van der Waals surface area contributed by atoms with Crippen LogP contribution in [-0.2, 0) is 29.5 Å². The summed E-state index contributed by atoms with van der Waals surface area (Å²) in [6.45, 7) is 3.65. The number of carbonyl (C=O) groups is 2. The summed E-state index contributed by atoms with van der Waals surface area (Å²) in [5.41, 5.74) is 3.06. The van der Waals surface area contributed by atoms with Crippen molar-refractivity contribution in [1.29, 1.82) is 10.5 Å². The van der Waals surface area contributed by atoms with Crippen molar-refractivity contribution in [1.82, 2.24) is 14.1 Å². The lowest BCUT2D eigenvalue weighted by Crippen LogP contribution is -2.37. The van der Waals surface area contributed by atoms with Crippen molar-refractivity contribution in [2.24, 2.45) is 0 Å². The van der Waals surface area contributed by atoms with Gasteiger partial charge in [0.1, 0.15) is 5.00 Å². The zero-order valence-corrected chi connectivity index (χ0v) is 26.7. The smallest absolute Gasteiger partial charge is 0.257 e. The lowest BCUT2D eigenvalue weighted by atomic mass is 10.00. The van der Waals surface area contributed by atoms with Gasteiger partial charge in [-0.15, -0.1) is 11.3 Å². The lowest BCUT2D eigenvalue weighted by molar-refractivity contribution is 0.0724. The summed E-state index contributed by atoms with van der Waals surface area (Å²) in [4.78, 5) is 32.6. The Hall–Kier alpha value is -4.07. The molecule has 3 heterocycles. The van der Waals surface area contributed by atoms with E-state index < -0.39 is 15.9 Å². The number of sulfonamides is 1. The first-order valence-electron chi connectivity index (χ1n) is 15.2. The number of fused-ring (bicyclic) bond motifs is 1. The summed E-state index contributed by atoms with van der Waals surface area (Å²) in [6.07, 6.45) is 3.74. The van der Waals surface area contributed by atoms with Gasteiger partial charge in [-0.05, 0) is 61.1 Å². The third-order valence-corrected chi connectivity index (χ3v) is 11.2. The molecule has 1 saturated heterocycles. The van der Waals surface area contributed by atoms with Crippen molar-refractivity contribution in [2.75, 3.05) is 38.0 Å². The number of carbonyl (C=O) groups excluding carboxylic acids is 2. The molecule has 2 aliphatic heterocycles. The van der Waals surface area contributed by atoms with Crippen molar-refractivity contribution in [3.05, 3.63) is 81.7 Å². The number of thiophene rings is 1. The Morgan fingerprint density at radius 1 is 0.911 bits per heavy atom. The van der Waals surface area contributed by atoms with Gasteiger partial charge in [-0.2, -0.15) is 14.8 Å². The van der Waals surface area contributed by atoms with Gasteiger partial charge >= 0.3 is 0 Å². The summed E-state index contributed by atoms with van der Waals surface area (Å²) in [5.74, 6) is -0.479. The van der Waals surface area contributed by atoms with E-state index in [4.69, 9.17) is 10.5 Å². The fraction of sp³-hybridized carbons (Fsp3) is 0.394. The highest BCUT2D eigenvalue weighted by molar-refractivity contribution is 7.89. The van der Waals surface area contributed by atoms with E-state index in [1.165, 1.54) is 41.2 Å². The SMILES string of the molecule is N#CCCN(CCC#N)S(=O)(=O)c1ccc(C(=O)Nc2sc3c(c2C(=O)N2CCCCC2)CCN(Cc2ccccc2)C3)cc1. The number of likely N-dealkylation sites (tertiary alicyclic amines) is 1. The summed E-state index contributed by atoms with van der Waals surface area (Å²) < 4.78 is 27.5. The van der Waals surface area contributed by atoms with Crippen LogP contribution in [-0.4, -0.2) is 67.1 Å². The van der Waals surface area contributed by atoms with E-state index in [2.05, 4.69) is 22.3 Å². The number of hydrogen-bond acceptors (Lipinski definition) is 8. The fourth-order valence-corrected chi connectivity index (χ4v) is 8.53. The van der Waals surface area contributed by atoms with Crippen LogP contribution in [0.25, 0.3) is 0 Å². The maximum absolute atomic E-state index is 13.9. The maximum Gasteiger partial charge on any atom is 0.257 e. The molecule has 12 heteroatoms. The van der Waals surface area contributed by atoms with Gasteiger partial charge in [-0.3, -0.25) is 14.5 Å². The first-order valence-corrected chi connectivity index (χ1v) is 17.4. The van der Waals surface area contributed by atoms with Gasteiger partial charge < -0.3 is 10.2 Å². The molecule has 0 unspecified atom stereocenters. The van der Waals surface area contributed by atoms with Crippen LogP contribution in [0.4, 0.5) is 5.00 Å². The summed E-state index contributed by atoms with van der Waals surface area (Å²) in [6, 6.07) is 19.7. The molecule has 1 N–H and O–H groups in total. The number of hydrogen-bond donors (Lipinski definition) is 1. The van der Waals surface area contributed by atoms with Gasteiger partial charge in [0.2, 0.25) is 10.0 Å². The number of nitriles is 2. The van der Waals surface area contributed by atoms with Crippen LogP contribution in [0.1, 0.15) is 68.8 Å². The van der Waals surface area contributed by atoms with Crippen LogP contribution in [0.3, 0.4) is 0 Å². The predicted octanol–water partition coefficient (Wildman–Crippen LogP) is 5.00. The zero-order chi connectivity index (χ0) is 31.8. The van der Waals surface area contributed by atoms with Gasteiger partial charge in [-0.1, -0.05) is 30.3 Å². The number of amides is 2. The number of nitrogens with zero attached hydrogens (tertiary/aromatic N) is 5. The van der Waals surface area contributed by atoms with Gasteiger partial charge in [0.05, 0.1) is 22.6 Å². The van der Waals surface area contributed by atoms with E-state index >= 15 is 0 Å². The molecule has 0 spiro atoms. The molecule has 0 aliphatic carbocycles. The third kappa shape index (κ3) is 7.60. The van der Waals surface area contributed by atoms with Crippen LogP contribution >= 0.6 is 11.3 Å². The monoisotopic (exact) mass is 644 g/mol. The highest BCUT2D eigenvalue weighted by atomic mass is 32.2. The second-order valence-electron chi connectivity index (χ2n) is 11.2. The highest BCUT2D eigenvalue weighted by Gasteiger charge is 2.32. The van der Waals surface area contributed by atoms with Crippen molar-refractivity contribution < 1.29 is 18.0 Å². The molecule has 2 aliphatic rings. The standard InChI is InChI=1S/C33H36N6O4S2/c34-16-7-20-39(21-8-17-35)45(42,43)27-13-11-26(12-14-27)31(40)36-32-30(33(41)38-18-5-2-6-19-38)28-15-22-37(24-29(28)44-32)23-25-9-3-1-4-10-25/h1,3-4,9-14H,2,5-8,15,18-24H2,(H,36,40). The Bertz CT molecular complexity index is 1680. The second kappa shape index (κ2) is 14.8. The Kier molecular flexibility index (Phi) is 10.6. The summed E-state index contributed by atoms with van der Waals surface area (Å²) in [5, 5.41) is 21.4. The minimum absolute atomic E-state index is 0.00155. The number of nitrogens with one attached hydrogen (secondary N) is 1. The number of benzene rings is 2. The fourth-order valence-electron chi connectivity index (χ4n) is 5.81. The van der Waals surface area contributed by atoms with Crippen LogP contribution in [0.5, 0.6) is 0 Å². The molecule has 45 heavy (non-hydrogen) atoms. The van der Waals surface area contributed by atoms with E-state index in [1.54, 1.807) is 0 Å². The molecule has 0 radical (unpaired) electrons. The Morgan fingerprint density at radius 3 is 2.22 bits per heavy atom. The average Bonchev–Trinajstić information content (AvgIpc) is 3.42. The largest absolute Gasteiger partial charge is 0.339 e. The molecule has 1 fully saturated rings. The Balaban J connectivity index is 1.37. The predicted molar refractivity (Wildman–Crippen MR) is 172 cm³/mol. The number of piperidine rings is 1. The lowest BCUT2D eigenvalue weighted by Gasteiger charge is -2.29. The summed E-state index contributed by atoms with van der Waals surface area (Å²) >= 11 is 1.44. The minimum Gasteiger partial charge on any atom is -0.339 e. The van der Waals surface area contributed by atoms with Gasteiger partial charge in [0.15, 0.2) is 0 Å². The van der Waals surface area contributed by atoms with E-state index in [1.807, 2.05) is 35.2 Å². The normalized spacial score (nSPS) is 15.2. The van der Waals surface area contributed by atoms with Gasteiger partial charge in [0, 0.05) is 69.1 Å². The van der Waals surface area contributed by atoms with Crippen LogP contribution in [0.2, 0.25) is 0 Å². The minimum atomic E-state index is -3.96. The first kappa shape index (κ1) is 32.3. The maximum atomic E-state index is 13.9. The van der Waals surface area contributed by atoms with Crippen LogP contribution < -0.4 is 5.32 Å². The Labute approximate surface area is 268 Å². The molecule has 10 nitrogen and oxygen atoms in total. The molecule has 0 atom stereocenters. The first-order chi connectivity index (χ1) is 21.8. The average molecular weight is 645 g/mol. The van der Waals surface area contributed by atoms with Crippen LogP contribution in [0.15, 0.2) is 59.5 Å². The van der Waals surface area contributed by atoms with Crippen molar-refractivity contribution >= 4 is 38.2 Å². The van der Waals surface area contributed by atoms with E-state index in [0.717, 1.165) is 47.1 Å². The molecule has 3 aromatic rings. The van der Waals surface area contributed by atoms with E-state index in [9.17, 15) is 18.0 Å². The van der Waals surface area contributed by atoms with E-state index in [0.29, 0.717) is 36.6 Å². The van der Waals surface area contributed by atoms with Crippen LogP contribution in [0, 0.1) is 22.7 Å². The molecule has 2 amide bonds. The second-order valence-corrected chi connectivity index (χ2v) is 14.2. The number of anilines is 1. The van der Waals surface area contributed by atoms with Crippen molar-refractivity contribution in [3.8, 4) is 12.1 Å². The molecule has 5 rings (SSSR count). The molecule has 0 saturated carbocycles. The molecular formula is C33H36N6O4S2. The topological polar surface area (TPSA) is 138 Å². The molecule has 1 aromatic heterocycles. The summed E-state index contributed by atoms with van der Waals surface area (Å²) in [7, 11) is -3.96. The Morgan fingerprint density at radius 2 is 1.58 bits per heavy atom. The highest BCUT2D eigenvalue weighted by Crippen LogP contribution is 2.39. The van der Waals surface area contributed by atoms with E-state index in [-0.39, 0.29) is 42.3 Å². The van der Waals surface area contributed by atoms with Crippen molar-refractivity contribution in [3.63, 3.8) is 0 Å². The van der Waals surface area contributed by atoms with Crippen molar-refractivity contribution in [2.45, 2.75) is 56.5 Å². The van der Waals surface area contributed by atoms with Gasteiger partial charge in [0.25, 0.3) is 11.8 Å². The van der Waals surface area contributed by atoms with Gasteiger partial charge in [-0.25, -0.2) is 8.42 Å². The number of rotatable bonds is 11. The molecular weight excluding hydrogens is 609 g/mol. The zero-order valence-electron chi connectivity index (χ0n) is 25.1. The quantitative estimate of drug-likeness (QED) is 0.310.